The summed E-state index contributed by atoms with van der Waals surface area (Å²) in [6.45, 7) is 6.29. The Kier molecular flexibility index (Phi) is 16.0. The van der Waals surface area contributed by atoms with E-state index in [0.717, 1.165) is 69.9 Å². The van der Waals surface area contributed by atoms with Gasteiger partial charge in [-0.3, -0.25) is 19.2 Å². The van der Waals surface area contributed by atoms with Crippen molar-refractivity contribution in [3.05, 3.63) is 154 Å². The standard InChI is InChI=1S/C26H27N3O4S.C26H28N2O5/c1-17(30)27-22(26(32)33)15-21-16-24(34-28-21)23-8-5-13-29(23)25(31)14-18-9-11-20(12-10-18)19-6-3-2-4-7-19;1-17-6-3-4-8-23(17)32-21-11-9-19(10-12-21)15-25(29)28-13-5-7-22(28)24-16-20(27-33-24)14-18(2)26(30)31/h2-4,6-7,9-12,16,22-23H,5,8,13-15H2,1H3,(H,27,30)(H,32,33);3-4,6,8-12,16,18,22H,5,7,13-15H2,1-2H3,(H,30,31). The number of carbonyl (C=O) groups excluding carboxylic acids is 3. The molecule has 3 N–H and O–H groups in total. The Morgan fingerprint density at radius 3 is 1.97 bits per heavy atom. The largest absolute Gasteiger partial charge is 0.481 e. The smallest absolute Gasteiger partial charge is 0.326 e. The molecule has 4 aromatic carbocycles. The molecule has 348 valence electrons. The molecule has 14 nitrogen and oxygen atoms in total. The van der Waals surface area contributed by atoms with Gasteiger partial charge in [0.1, 0.15) is 17.5 Å². The third kappa shape index (κ3) is 12.8. The van der Waals surface area contributed by atoms with E-state index in [0.29, 0.717) is 43.1 Å². The first-order valence-electron chi connectivity index (χ1n) is 22.5. The van der Waals surface area contributed by atoms with Gasteiger partial charge < -0.3 is 34.6 Å². The van der Waals surface area contributed by atoms with E-state index in [2.05, 4.69) is 27.0 Å². The van der Waals surface area contributed by atoms with Crippen molar-refractivity contribution < 1.29 is 43.4 Å². The average molecular weight is 926 g/mol. The van der Waals surface area contributed by atoms with E-state index in [4.69, 9.17) is 14.4 Å². The predicted octanol–water partition coefficient (Wildman–Crippen LogP) is 8.79. The first-order valence-corrected chi connectivity index (χ1v) is 23.3. The van der Waals surface area contributed by atoms with Crippen LogP contribution in [0.25, 0.3) is 11.1 Å². The molecule has 0 aliphatic carbocycles. The number of rotatable bonds is 16. The fourth-order valence-electron chi connectivity index (χ4n) is 8.41. The van der Waals surface area contributed by atoms with Gasteiger partial charge in [-0.1, -0.05) is 97.0 Å². The molecule has 4 unspecified atom stereocenters. The molecule has 4 heterocycles. The maximum absolute atomic E-state index is 13.1. The summed E-state index contributed by atoms with van der Waals surface area (Å²) in [7, 11) is 0. The molecule has 2 aliphatic heterocycles. The monoisotopic (exact) mass is 925 g/mol. The van der Waals surface area contributed by atoms with Gasteiger partial charge >= 0.3 is 11.9 Å². The fraction of sp³-hybridized carbons (Fsp3) is 0.327. The number of carboxylic acid groups (broad SMARTS) is 2. The number of nitrogens with one attached hydrogen (secondary N) is 1. The lowest BCUT2D eigenvalue weighted by Crippen LogP contribution is -2.41. The van der Waals surface area contributed by atoms with E-state index in [9.17, 15) is 29.1 Å². The molecule has 2 aromatic heterocycles. The van der Waals surface area contributed by atoms with Crippen LogP contribution in [0.3, 0.4) is 0 Å². The fourth-order valence-corrected chi connectivity index (χ4v) is 9.32. The molecule has 0 bridgehead atoms. The van der Waals surface area contributed by atoms with Gasteiger partial charge in [0.05, 0.1) is 42.2 Å². The molecule has 4 atom stereocenters. The van der Waals surface area contributed by atoms with E-state index in [1.807, 2.05) is 114 Å². The summed E-state index contributed by atoms with van der Waals surface area (Å²) in [5.74, 6) is -0.638. The van der Waals surface area contributed by atoms with Gasteiger partial charge in [-0.2, -0.15) is 4.37 Å². The maximum Gasteiger partial charge on any atom is 0.326 e. The van der Waals surface area contributed by atoms with Crippen molar-refractivity contribution in [2.75, 3.05) is 13.1 Å². The van der Waals surface area contributed by atoms with E-state index in [1.54, 1.807) is 13.0 Å². The van der Waals surface area contributed by atoms with Gasteiger partial charge in [-0.15, -0.1) is 0 Å². The highest BCUT2D eigenvalue weighted by Crippen LogP contribution is 2.36. The predicted molar refractivity (Wildman–Crippen MR) is 252 cm³/mol. The molecule has 0 radical (unpaired) electrons. The van der Waals surface area contributed by atoms with Crippen LogP contribution in [0.1, 0.15) is 90.3 Å². The Morgan fingerprint density at radius 1 is 0.746 bits per heavy atom. The Morgan fingerprint density at radius 2 is 1.34 bits per heavy atom. The number of carbonyl (C=O) groups is 5. The zero-order chi connectivity index (χ0) is 47.5. The van der Waals surface area contributed by atoms with Crippen LogP contribution in [0.5, 0.6) is 11.5 Å². The van der Waals surface area contributed by atoms with Gasteiger partial charge in [0, 0.05) is 43.8 Å². The number of aliphatic carboxylic acids is 2. The number of aromatic nitrogens is 2. The van der Waals surface area contributed by atoms with Crippen LogP contribution in [0, 0.1) is 12.8 Å². The molecule has 6 aromatic rings. The van der Waals surface area contributed by atoms with Crippen LogP contribution >= 0.6 is 11.5 Å². The zero-order valence-corrected chi connectivity index (χ0v) is 38.6. The number of carboxylic acids is 2. The molecule has 0 spiro atoms. The zero-order valence-electron chi connectivity index (χ0n) is 37.8. The number of para-hydroxylation sites is 1. The summed E-state index contributed by atoms with van der Waals surface area (Å²) in [5, 5.41) is 24.9. The van der Waals surface area contributed by atoms with Crippen molar-refractivity contribution in [3.8, 4) is 22.6 Å². The minimum atomic E-state index is -1.10. The Labute approximate surface area is 393 Å². The van der Waals surface area contributed by atoms with E-state index >= 15 is 0 Å². The second-order valence-electron chi connectivity index (χ2n) is 17.1. The number of benzene rings is 4. The number of hydrogen-bond acceptors (Lipinski definition) is 10. The minimum Gasteiger partial charge on any atom is -0.481 e. The number of likely N-dealkylation sites (tertiary alicyclic amines) is 2. The second-order valence-corrected chi connectivity index (χ2v) is 17.9. The summed E-state index contributed by atoms with van der Waals surface area (Å²) < 4.78 is 15.8. The van der Waals surface area contributed by atoms with E-state index in [-0.39, 0.29) is 36.7 Å². The van der Waals surface area contributed by atoms with Crippen molar-refractivity contribution in [1.82, 2.24) is 24.6 Å². The normalized spacial score (nSPS) is 16.4. The van der Waals surface area contributed by atoms with Crippen molar-refractivity contribution in [2.24, 2.45) is 5.92 Å². The highest BCUT2D eigenvalue weighted by Gasteiger charge is 2.34. The molecular formula is C52H55N5O9S. The van der Waals surface area contributed by atoms with E-state index in [1.165, 1.54) is 18.5 Å². The van der Waals surface area contributed by atoms with Crippen molar-refractivity contribution in [1.29, 1.82) is 0 Å². The van der Waals surface area contributed by atoms with Crippen LogP contribution in [0.4, 0.5) is 0 Å². The lowest BCUT2D eigenvalue weighted by molar-refractivity contribution is -0.142. The second kappa shape index (κ2) is 22.4. The van der Waals surface area contributed by atoms with Gasteiger partial charge in [-0.25, -0.2) is 4.79 Å². The van der Waals surface area contributed by atoms with Crippen LogP contribution in [0.15, 0.2) is 120 Å². The Balaban J connectivity index is 0.000000199. The number of hydrogen-bond donors (Lipinski definition) is 3. The summed E-state index contributed by atoms with van der Waals surface area (Å²) >= 11 is 1.30. The van der Waals surface area contributed by atoms with Gasteiger partial charge in [0.25, 0.3) is 0 Å². The summed E-state index contributed by atoms with van der Waals surface area (Å²) in [5.41, 5.74) is 6.41. The van der Waals surface area contributed by atoms with Crippen molar-refractivity contribution in [3.63, 3.8) is 0 Å². The van der Waals surface area contributed by atoms with Crippen molar-refractivity contribution in [2.45, 2.75) is 90.3 Å². The molecule has 8 rings (SSSR count). The third-order valence-corrected chi connectivity index (χ3v) is 12.9. The van der Waals surface area contributed by atoms with Crippen LogP contribution in [0.2, 0.25) is 0 Å². The third-order valence-electron chi connectivity index (χ3n) is 12.0. The highest BCUT2D eigenvalue weighted by atomic mass is 32.1. The number of amides is 3. The van der Waals surface area contributed by atoms with Crippen LogP contribution < -0.4 is 10.1 Å². The van der Waals surface area contributed by atoms with Crippen molar-refractivity contribution >= 4 is 41.2 Å². The molecule has 2 aliphatic rings. The SMILES string of the molecule is CC(=O)NC(Cc1cc(C2CCCN2C(=O)Cc2ccc(-c3ccccc3)cc2)sn1)C(=O)O.Cc1ccccc1Oc1ccc(CC(=O)N2CCCC2c2cc(CC(C)C(=O)O)no2)cc1. The topological polar surface area (TPSA) is 192 Å². The quantitative estimate of drug-likeness (QED) is 0.0840. The molecule has 67 heavy (non-hydrogen) atoms. The van der Waals surface area contributed by atoms with Gasteiger partial charge in [-0.05, 0) is 96.2 Å². The molecular weight excluding hydrogens is 871 g/mol. The van der Waals surface area contributed by atoms with E-state index < -0.39 is 29.8 Å². The molecule has 2 fully saturated rings. The highest BCUT2D eigenvalue weighted by molar-refractivity contribution is 7.05. The number of aryl methyl sites for hydroxylation is 1. The summed E-state index contributed by atoms with van der Waals surface area (Å²) in [6.07, 6.45) is 4.50. The number of nitrogens with zero attached hydrogens (tertiary/aromatic N) is 4. The van der Waals surface area contributed by atoms with Gasteiger partial charge in [0.15, 0.2) is 5.76 Å². The molecule has 3 amide bonds. The first kappa shape index (κ1) is 47.8. The molecule has 15 heteroatoms. The lowest BCUT2D eigenvalue weighted by atomic mass is 10.0. The van der Waals surface area contributed by atoms with Crippen LogP contribution in [-0.4, -0.2) is 78.3 Å². The lowest BCUT2D eigenvalue weighted by Gasteiger charge is -2.23. The molecule has 0 saturated carbocycles. The average Bonchev–Trinajstić information content (AvgIpc) is 4.16. The summed E-state index contributed by atoms with van der Waals surface area (Å²) in [4.78, 5) is 64.7. The first-order chi connectivity index (χ1) is 32.3. The molecule has 2 saturated heterocycles. The number of ether oxygens (including phenoxy) is 1. The summed E-state index contributed by atoms with van der Waals surface area (Å²) in [6, 6.07) is 36.1. The van der Waals surface area contributed by atoms with Gasteiger partial charge in [0.2, 0.25) is 17.7 Å². The van der Waals surface area contributed by atoms with Crippen LogP contribution in [-0.2, 0) is 49.7 Å². The Hall–Kier alpha value is -7.13. The Bertz CT molecular complexity index is 2650. The maximum atomic E-state index is 13.1. The minimum absolute atomic E-state index is 0.0296.